The summed E-state index contributed by atoms with van der Waals surface area (Å²) >= 11 is 0. The van der Waals surface area contributed by atoms with Crippen LogP contribution in [0, 0.1) is 24.7 Å². The summed E-state index contributed by atoms with van der Waals surface area (Å²) < 4.78 is 48.9. The highest BCUT2D eigenvalue weighted by Crippen LogP contribution is 2.22. The van der Waals surface area contributed by atoms with Crippen LogP contribution in [-0.4, -0.2) is 279 Å². The molecule has 6 aromatic rings. The van der Waals surface area contributed by atoms with Crippen LogP contribution in [0.1, 0.15) is 121 Å². The number of carboxylic acid groups (broad SMARTS) is 3. The number of amides is 10. The Kier molecular flexibility index (Phi) is 54.8. The lowest BCUT2D eigenvalue weighted by Gasteiger charge is -2.28. The molecule has 0 heterocycles. The van der Waals surface area contributed by atoms with E-state index in [9.17, 15) is 82.4 Å². The number of aromatic hydroxyl groups is 1. The van der Waals surface area contributed by atoms with Gasteiger partial charge in [-0.1, -0.05) is 157 Å². The number of benzene rings is 6. The number of rotatable bonds is 59. The van der Waals surface area contributed by atoms with Crippen LogP contribution < -0.4 is 69.4 Å². The summed E-state index contributed by atoms with van der Waals surface area (Å²) in [5.41, 5.74) is 14.1. The summed E-state index contributed by atoms with van der Waals surface area (Å²) in [4.78, 5) is 198. The van der Waals surface area contributed by atoms with E-state index in [0.717, 1.165) is 11.1 Å². The highest BCUT2D eigenvalue weighted by molar-refractivity contribution is 6.00. The zero-order chi connectivity index (χ0) is 104. The zero-order valence-electron chi connectivity index (χ0n) is 80.9. The number of nitrogens with one attached hydrogen (secondary N) is 10. The number of carboxylic acids is 2. The molecule has 0 aliphatic carbocycles. The molecule has 18 N–H and O–H groups in total. The van der Waals surface area contributed by atoms with Gasteiger partial charge in [0.05, 0.1) is 104 Å². The Morgan fingerprint density at radius 2 is 0.567 bits per heavy atom. The molecule has 0 unspecified atom stereocenters. The van der Waals surface area contributed by atoms with Crippen LogP contribution in [0.3, 0.4) is 0 Å². The third-order valence-electron chi connectivity index (χ3n) is 19.4. The molecule has 141 heavy (non-hydrogen) atoms. The number of ether oxygens (including phenoxy) is 9. The second kappa shape index (κ2) is 64.8. The Morgan fingerprint density at radius 3 is 0.858 bits per heavy atom. The van der Waals surface area contributed by atoms with Crippen molar-refractivity contribution in [3.8, 4) is 36.2 Å². The van der Waals surface area contributed by atoms with Gasteiger partial charge in [-0.25, -0.2) is 0 Å². The van der Waals surface area contributed by atoms with Crippen molar-refractivity contribution in [2.24, 2.45) is 11.5 Å². The van der Waals surface area contributed by atoms with Crippen molar-refractivity contribution in [1.29, 1.82) is 0 Å². The number of esters is 2. The summed E-state index contributed by atoms with van der Waals surface area (Å²) in [5, 5.41) is 61.5. The summed E-state index contributed by atoms with van der Waals surface area (Å²) in [6, 6.07) is 33.8. The number of carbonyl (C=O) groups excluding carboxylic acids is 12. The molecule has 766 valence electrons. The van der Waals surface area contributed by atoms with Gasteiger partial charge in [0, 0.05) is 38.8 Å². The van der Waals surface area contributed by atoms with E-state index in [-0.39, 0.29) is 123 Å². The van der Waals surface area contributed by atoms with Gasteiger partial charge in [-0.3, -0.25) is 71.9 Å². The minimum Gasteiger partial charge on any atom is -0.508 e. The standard InChI is InChI=1S/C56H78N6O13.C44H54N6O13.CH2O2/c1-11-27-70-29-31-72-32-30-71-28-26-58-50(66)45(36-47(63)74-55(5,6)7)61-53(69)46(37-48(64)75-56(8,9)10)62-52(68)44(34-39-20-16-13-17-21-39)60-51(67)43(35-40-22-24-41(25-23-40)73-54(2,3)4)59-49(65)42(57)33-38-18-14-12-15-19-38;1-2-18-61-20-22-63-23-21-62-19-17-46-41(57)36(27-38(52)53)49-44(60)37(28-39(54)55)50-43(59)35(25-30-11-7-4-8-12-30)48-42(58)34(26-31-13-15-32(51)16-14-31)47-40(56)33(45)24-29-9-5-3-6-10-29;2-1-3/h1,12-25,42-46H,26-37,57H2,2-10H3,(H,58,66)(H,59,65)(H,60,67)(H,61,69)(H,62,68);1,3-16,33-37,51H,17-28,45H2,(H,46,57)(H,47,56)(H,48,58)(H,49,60)(H,50,59)(H,52,53)(H,54,55);1H,(H,2,3)/t42-,43-,44-,45-,46-;33-,34-,35-,36-,37-;/m00./s1. The van der Waals surface area contributed by atoms with Crippen LogP contribution in [0.4, 0.5) is 0 Å². The van der Waals surface area contributed by atoms with Gasteiger partial charge in [-0.05, 0) is 133 Å². The Morgan fingerprint density at radius 1 is 0.326 bits per heavy atom. The summed E-state index contributed by atoms with van der Waals surface area (Å²) in [5.74, 6) is -8.18. The first-order valence-electron chi connectivity index (χ1n) is 45.5. The molecule has 0 aliphatic rings. The van der Waals surface area contributed by atoms with Crippen molar-refractivity contribution in [3.63, 3.8) is 0 Å². The summed E-state index contributed by atoms with van der Waals surface area (Å²) in [6.07, 6.45) is 6.96. The Balaban J connectivity index is 0.000000580. The predicted octanol–water partition coefficient (Wildman–Crippen LogP) is 2.56. The van der Waals surface area contributed by atoms with Crippen LogP contribution in [-0.2, 0) is 148 Å². The number of hydrogen-bond acceptors (Lipinski definition) is 27. The first kappa shape index (κ1) is 119. The van der Waals surface area contributed by atoms with E-state index < -0.39 is 186 Å². The molecule has 6 aromatic carbocycles. The maximum absolute atomic E-state index is 14.6. The number of hydrogen-bond donors (Lipinski definition) is 16. The lowest BCUT2D eigenvalue weighted by atomic mass is 10.0. The molecular formula is C101H134N12O28. The van der Waals surface area contributed by atoms with Gasteiger partial charge in [0.25, 0.3) is 6.47 Å². The molecule has 0 radical (unpaired) electrons. The van der Waals surface area contributed by atoms with Crippen molar-refractivity contribution in [2.45, 2.75) is 204 Å². The molecule has 0 aromatic heterocycles. The third-order valence-corrected chi connectivity index (χ3v) is 19.4. The topological polar surface area (TPSA) is 592 Å². The van der Waals surface area contributed by atoms with Gasteiger partial charge >= 0.3 is 23.9 Å². The largest absolute Gasteiger partial charge is 0.508 e. The maximum Gasteiger partial charge on any atom is 0.308 e. The molecule has 0 bridgehead atoms. The van der Waals surface area contributed by atoms with Crippen molar-refractivity contribution in [3.05, 3.63) is 203 Å². The number of nitrogens with two attached hydrogens (primary N) is 2. The second-order valence-corrected chi connectivity index (χ2v) is 34.8. The van der Waals surface area contributed by atoms with E-state index in [4.69, 9.17) is 76.8 Å². The molecule has 6 rings (SSSR count). The van der Waals surface area contributed by atoms with E-state index in [1.807, 2.05) is 57.2 Å². The minimum atomic E-state index is -1.85. The van der Waals surface area contributed by atoms with E-state index >= 15 is 0 Å². The van der Waals surface area contributed by atoms with Gasteiger partial charge in [0.15, 0.2) is 0 Å². The van der Waals surface area contributed by atoms with Crippen LogP contribution in [0.15, 0.2) is 170 Å². The molecule has 40 heteroatoms. The fourth-order valence-electron chi connectivity index (χ4n) is 13.0. The molecule has 0 fully saturated rings. The van der Waals surface area contributed by atoms with Crippen LogP contribution >= 0.6 is 0 Å². The quantitative estimate of drug-likeness (QED) is 0.0113. The Bertz CT molecular complexity index is 4970. The average Bonchev–Trinajstić information content (AvgIpc) is 0.839. The number of phenolic OH excluding ortho intramolecular Hbond substituents is 1. The molecule has 0 saturated heterocycles. The third kappa shape index (κ3) is 52.9. The van der Waals surface area contributed by atoms with Gasteiger partial charge in [-0.15, -0.1) is 12.8 Å². The van der Waals surface area contributed by atoms with Crippen LogP contribution in [0.2, 0.25) is 0 Å². The summed E-state index contributed by atoms with van der Waals surface area (Å²) in [7, 11) is 0. The fourth-order valence-corrected chi connectivity index (χ4v) is 13.0. The molecule has 0 spiro atoms. The van der Waals surface area contributed by atoms with E-state index in [0.29, 0.717) is 47.8 Å². The van der Waals surface area contributed by atoms with Crippen LogP contribution in [0.25, 0.3) is 0 Å². The molecule has 0 saturated carbocycles. The lowest BCUT2D eigenvalue weighted by molar-refractivity contribution is -0.158. The monoisotopic (exact) mass is 1960 g/mol. The van der Waals surface area contributed by atoms with Crippen molar-refractivity contribution in [1.82, 2.24) is 53.2 Å². The van der Waals surface area contributed by atoms with Crippen molar-refractivity contribution < 1.29 is 135 Å². The predicted molar refractivity (Wildman–Crippen MR) is 517 cm³/mol. The minimum absolute atomic E-state index is 0.00260. The Hall–Kier alpha value is -14.2. The lowest BCUT2D eigenvalue weighted by Crippen LogP contribution is -2.60. The highest BCUT2D eigenvalue weighted by atomic mass is 16.6. The second-order valence-electron chi connectivity index (χ2n) is 34.8. The number of phenols is 1. The van der Waals surface area contributed by atoms with E-state index in [1.54, 1.807) is 163 Å². The van der Waals surface area contributed by atoms with Gasteiger partial charge < -0.3 is 128 Å². The fraction of sp³-hybridized carbons (Fsp3) is 0.455. The SMILES string of the molecule is C#CCOCCOCCOCCNC(=O)[C@H](CC(=O)O)NC(=O)[C@H](CC(=O)O)NC(=O)[C@H](Cc1ccccc1)NC(=O)[C@H](Cc1ccc(O)cc1)NC(=O)[C@@H](N)Cc1ccccc1.C#CCOCCOCCOCCNC(=O)[C@H](CC(=O)OC(C)(C)C)NC(=O)[C@H](CC(=O)OC(C)(C)C)NC(=O)[C@H](Cc1ccccc1)NC(=O)[C@H](Cc1ccc(OC(C)(C)C)cc1)NC(=O)[C@@H](N)Cc1ccccc1.O=CO. The van der Waals surface area contributed by atoms with Crippen molar-refractivity contribution >= 4 is 89.4 Å². The zero-order valence-corrected chi connectivity index (χ0v) is 80.9. The maximum atomic E-state index is 14.6. The molecular weight excluding hydrogens is 1830 g/mol. The van der Waals surface area contributed by atoms with E-state index in [2.05, 4.69) is 65.0 Å². The van der Waals surface area contributed by atoms with Crippen LogP contribution in [0.5, 0.6) is 11.5 Å². The highest BCUT2D eigenvalue weighted by Gasteiger charge is 2.38. The van der Waals surface area contributed by atoms with Crippen molar-refractivity contribution in [2.75, 3.05) is 92.4 Å². The molecule has 10 atom stereocenters. The van der Waals surface area contributed by atoms with Gasteiger partial charge in [-0.2, -0.15) is 0 Å². The first-order chi connectivity index (χ1) is 67.0. The van der Waals surface area contributed by atoms with E-state index in [1.165, 1.54) is 12.1 Å². The molecule has 0 aliphatic heterocycles. The van der Waals surface area contributed by atoms with Gasteiger partial charge in [0.2, 0.25) is 59.1 Å². The van der Waals surface area contributed by atoms with Gasteiger partial charge in [0.1, 0.15) is 89.9 Å². The smallest absolute Gasteiger partial charge is 0.308 e. The normalized spacial score (nSPS) is 13.2. The number of aliphatic carboxylic acids is 2. The molecule has 10 amide bonds. The number of carbonyl (C=O) groups is 15. The Labute approximate surface area is 820 Å². The average molecular weight is 1960 g/mol. The number of terminal acetylenes is 2. The first-order valence-corrected chi connectivity index (χ1v) is 45.5. The molecule has 40 nitrogen and oxygen atoms in total. The summed E-state index contributed by atoms with van der Waals surface area (Å²) in [6.45, 7) is 17.6.